The summed E-state index contributed by atoms with van der Waals surface area (Å²) in [6.45, 7) is 15.3. The summed E-state index contributed by atoms with van der Waals surface area (Å²) < 4.78 is 37.7. The van der Waals surface area contributed by atoms with Crippen LogP contribution in [0.1, 0.15) is 105 Å². The first-order valence-electron chi connectivity index (χ1n) is 18.0. The lowest BCUT2D eigenvalue weighted by Gasteiger charge is -2.32. The highest BCUT2D eigenvalue weighted by molar-refractivity contribution is 5.93. The Morgan fingerprint density at radius 2 is 0.980 bits per heavy atom. The highest BCUT2D eigenvalue weighted by Gasteiger charge is 2.74. The van der Waals surface area contributed by atoms with Crippen LogP contribution in [0.3, 0.4) is 0 Å². The summed E-state index contributed by atoms with van der Waals surface area (Å²) in [6.07, 6.45) is -4.32. The molecule has 272 valence electrons. The lowest BCUT2D eigenvalue weighted by Crippen LogP contribution is -2.48. The zero-order chi connectivity index (χ0) is 36.0. The van der Waals surface area contributed by atoms with Crippen molar-refractivity contribution >= 4 is 35.1 Å². The van der Waals surface area contributed by atoms with Crippen molar-refractivity contribution in [2.45, 2.75) is 164 Å². The van der Waals surface area contributed by atoms with Gasteiger partial charge in [-0.3, -0.25) is 19.2 Å². The monoisotopic (exact) mass is 696 g/mol. The molecule has 7 aliphatic heterocycles. The molecule has 12 heteroatoms. The minimum Gasteiger partial charge on any atom is -0.457 e. The van der Waals surface area contributed by atoms with Gasteiger partial charge in [0.05, 0.1) is 11.2 Å². The molecule has 7 rings (SSSR count). The molecule has 0 saturated carbocycles. The Kier molecular flexibility index (Phi) is 8.68. The van der Waals surface area contributed by atoms with Crippen LogP contribution in [-0.4, -0.2) is 94.1 Å². The van der Waals surface area contributed by atoms with Crippen molar-refractivity contribution < 1.29 is 57.2 Å². The second kappa shape index (κ2) is 12.3. The van der Waals surface area contributed by atoms with Crippen molar-refractivity contribution in [3.8, 4) is 0 Å². The van der Waals surface area contributed by atoms with Crippen molar-refractivity contribution in [3.05, 3.63) is 24.3 Å². The number of epoxide rings is 2. The van der Waals surface area contributed by atoms with Crippen molar-refractivity contribution in [1.29, 1.82) is 0 Å². The maximum Gasteiger partial charge on any atom is 0.341 e. The smallest absolute Gasteiger partial charge is 0.341 e. The Morgan fingerprint density at radius 1 is 0.600 bits per heavy atom. The Labute approximate surface area is 291 Å². The average Bonchev–Trinajstić information content (AvgIpc) is 3.88. The van der Waals surface area contributed by atoms with Crippen LogP contribution in [0.5, 0.6) is 0 Å². The predicted molar refractivity (Wildman–Crippen MR) is 174 cm³/mol. The minimum absolute atomic E-state index is 0.00599. The fourth-order valence-electron chi connectivity index (χ4n) is 9.19. The first-order chi connectivity index (χ1) is 23.4. The fourth-order valence-corrected chi connectivity index (χ4v) is 9.19. The van der Waals surface area contributed by atoms with Gasteiger partial charge in [-0.25, -0.2) is 9.59 Å². The van der Waals surface area contributed by atoms with Gasteiger partial charge >= 0.3 is 11.9 Å². The third-order valence-corrected chi connectivity index (χ3v) is 12.2. The molecule has 12 atom stereocenters. The van der Waals surface area contributed by atoms with Gasteiger partial charge < -0.3 is 28.4 Å². The summed E-state index contributed by atoms with van der Waals surface area (Å²) in [6, 6.07) is 0. The number of hydrogen-bond acceptors (Lipinski definition) is 12. The maximum absolute atomic E-state index is 14.5. The van der Waals surface area contributed by atoms with E-state index in [2.05, 4.69) is 13.2 Å². The van der Waals surface area contributed by atoms with Crippen LogP contribution < -0.4 is 0 Å². The van der Waals surface area contributed by atoms with Crippen molar-refractivity contribution in [1.82, 2.24) is 0 Å². The highest BCUT2D eigenvalue weighted by atomic mass is 16.7. The fraction of sp³-hybridized carbons (Fsp3) is 0.737. The average molecular weight is 697 g/mol. The zero-order valence-electron chi connectivity index (χ0n) is 29.4. The molecule has 50 heavy (non-hydrogen) atoms. The van der Waals surface area contributed by atoms with E-state index >= 15 is 0 Å². The highest BCUT2D eigenvalue weighted by Crippen LogP contribution is 2.55. The molecule has 0 radical (unpaired) electrons. The van der Waals surface area contributed by atoms with E-state index in [1.165, 1.54) is 0 Å². The summed E-state index contributed by atoms with van der Waals surface area (Å²) in [5, 5.41) is 0. The minimum atomic E-state index is -1.50. The molecule has 0 aliphatic carbocycles. The summed E-state index contributed by atoms with van der Waals surface area (Å²) in [4.78, 5) is 81.6. The van der Waals surface area contributed by atoms with E-state index in [1.54, 1.807) is 13.8 Å². The molecule has 0 aromatic carbocycles. The number of carbonyl (C=O) groups is 6. The Bertz CT molecular complexity index is 1450. The zero-order valence-corrected chi connectivity index (χ0v) is 29.4. The molecule has 12 nitrogen and oxygen atoms in total. The number of fused-ring (bicyclic) bond motifs is 4. The molecule has 0 unspecified atom stereocenters. The van der Waals surface area contributed by atoms with E-state index in [0.717, 1.165) is 11.1 Å². The molecule has 0 aromatic rings. The molecule has 0 amide bonds. The quantitative estimate of drug-likeness (QED) is 0.234. The lowest BCUT2D eigenvalue weighted by molar-refractivity contribution is -0.166. The Hall–Kier alpha value is -3.06. The molecule has 7 aliphatic rings. The number of hydrogen-bond donors (Lipinski definition) is 0. The van der Waals surface area contributed by atoms with Gasteiger partial charge in [0.15, 0.2) is 22.8 Å². The normalized spacial score (nSPS) is 46.6. The Morgan fingerprint density at radius 3 is 1.34 bits per heavy atom. The van der Waals surface area contributed by atoms with Gasteiger partial charge in [-0.2, -0.15) is 0 Å². The van der Waals surface area contributed by atoms with Crippen LogP contribution in [0.2, 0.25) is 0 Å². The molecular formula is C38H48O12. The van der Waals surface area contributed by atoms with Crippen molar-refractivity contribution in [2.75, 3.05) is 0 Å². The van der Waals surface area contributed by atoms with E-state index in [-0.39, 0.29) is 99.2 Å². The van der Waals surface area contributed by atoms with Gasteiger partial charge in [0.2, 0.25) is 0 Å². The number of carbonyl (C=O) groups excluding carboxylic acids is 6. The third-order valence-electron chi connectivity index (χ3n) is 12.2. The van der Waals surface area contributed by atoms with Crippen LogP contribution in [0.25, 0.3) is 0 Å². The topological polar surface area (TPSA) is 164 Å². The van der Waals surface area contributed by atoms with E-state index < -0.39 is 71.0 Å². The number of allylic oxidation sites excluding steroid dienone is 2. The summed E-state index contributed by atoms with van der Waals surface area (Å²) in [5.74, 6) is -2.58. The SMILES string of the molecule is C=C(C)[C@@H]1CC[C@@]23O[C@@H]2[C@@H](C[C@@]2(C)CC(=O)[C@H](CC(=O)C1)O2)OC(=O)[C@]12CC[C@@H](C(=C)C)CC(=O)C[C@@H]4O[C@](C)(CC4=O)C[C@@H](OC3=O)[C@H]1O2. The number of ether oxygens (including phenoxy) is 6. The van der Waals surface area contributed by atoms with Gasteiger partial charge in [0, 0.05) is 51.4 Å². The molecule has 7 saturated heterocycles. The van der Waals surface area contributed by atoms with E-state index in [9.17, 15) is 28.8 Å². The molecular weight excluding hydrogens is 648 g/mol. The standard InChI is InChI=1S/C38H48O12/c1-19(2)21-7-9-37-31(49-37)29(17-35(5)15-25(41)27(47-35)13-23(39)11-21)46-34(44)38-10-8-22(20(3)4)12-24(40)14-28-26(42)16-36(6,48-28)18-30(32(38)50-38)45-33(37)43/h21-22,27-32H,1,3,7-18H2,2,4-6H3/t21-,22-,27+,28+,29-,30-,31-,32-,35-,36-,37-,38+/m1/s1. The van der Waals surface area contributed by atoms with Crippen molar-refractivity contribution in [3.63, 3.8) is 0 Å². The van der Waals surface area contributed by atoms with Crippen LogP contribution in [0, 0.1) is 11.8 Å². The molecule has 0 N–H and O–H groups in total. The van der Waals surface area contributed by atoms with Crippen LogP contribution >= 0.6 is 0 Å². The first kappa shape index (κ1) is 35.3. The van der Waals surface area contributed by atoms with E-state index in [1.807, 2.05) is 13.8 Å². The van der Waals surface area contributed by atoms with Crippen LogP contribution in [-0.2, 0) is 57.2 Å². The number of esters is 2. The number of rotatable bonds is 2. The van der Waals surface area contributed by atoms with Crippen LogP contribution in [0.15, 0.2) is 24.3 Å². The molecule has 7 fully saturated rings. The van der Waals surface area contributed by atoms with E-state index in [4.69, 9.17) is 28.4 Å². The molecule has 0 aromatic heterocycles. The van der Waals surface area contributed by atoms with Gasteiger partial charge in [-0.1, -0.05) is 24.3 Å². The third kappa shape index (κ3) is 6.34. The molecule has 8 bridgehead atoms. The van der Waals surface area contributed by atoms with Gasteiger partial charge in [0.25, 0.3) is 0 Å². The van der Waals surface area contributed by atoms with Gasteiger partial charge in [-0.15, -0.1) is 0 Å². The van der Waals surface area contributed by atoms with Gasteiger partial charge in [-0.05, 0) is 65.2 Å². The number of ketones is 4. The first-order valence-corrected chi connectivity index (χ1v) is 18.0. The second-order valence-electron chi connectivity index (χ2n) is 16.6. The lowest BCUT2D eigenvalue weighted by atomic mass is 9.81. The van der Waals surface area contributed by atoms with E-state index in [0.29, 0.717) is 12.8 Å². The maximum atomic E-state index is 14.5. The largest absolute Gasteiger partial charge is 0.457 e. The summed E-state index contributed by atoms with van der Waals surface area (Å²) >= 11 is 0. The molecule has 0 spiro atoms. The molecule has 7 heterocycles. The second-order valence-corrected chi connectivity index (χ2v) is 16.6. The number of Topliss-reactive ketones (excluding diaryl/α,β-unsaturated/α-hetero) is 4. The Balaban J connectivity index is 1.28. The van der Waals surface area contributed by atoms with Crippen LogP contribution in [0.4, 0.5) is 0 Å². The summed E-state index contributed by atoms with van der Waals surface area (Å²) in [5.41, 5.74) is -3.67. The van der Waals surface area contributed by atoms with Gasteiger partial charge in [0.1, 0.15) is 48.2 Å². The summed E-state index contributed by atoms with van der Waals surface area (Å²) in [7, 11) is 0. The predicted octanol–water partition coefficient (Wildman–Crippen LogP) is 3.78. The van der Waals surface area contributed by atoms with Crippen molar-refractivity contribution in [2.24, 2.45) is 11.8 Å².